The number of carbonyl (C=O) groups excluding carboxylic acids is 1. The van der Waals surface area contributed by atoms with Crippen LogP contribution in [-0.4, -0.2) is 30.6 Å². The number of hydrogen-bond donors (Lipinski definition) is 0. The minimum absolute atomic E-state index is 0.200. The van der Waals surface area contributed by atoms with Gasteiger partial charge in [0.05, 0.1) is 12.6 Å². The second kappa shape index (κ2) is 8.73. The van der Waals surface area contributed by atoms with E-state index >= 15 is 0 Å². The van der Waals surface area contributed by atoms with Gasteiger partial charge in [0.15, 0.2) is 0 Å². The Hall–Kier alpha value is -2.75. The van der Waals surface area contributed by atoms with E-state index in [-0.39, 0.29) is 6.04 Å². The Bertz CT molecular complexity index is 924. The summed E-state index contributed by atoms with van der Waals surface area (Å²) >= 11 is 0. The minimum Gasteiger partial charge on any atom is -0.358 e. The molecule has 1 fully saturated rings. The number of nitrogens with zero attached hydrogens (tertiary/aromatic N) is 1. The highest BCUT2D eigenvalue weighted by Crippen LogP contribution is 2.40. The van der Waals surface area contributed by atoms with E-state index < -0.39 is 5.72 Å². The van der Waals surface area contributed by atoms with Crippen LogP contribution < -0.4 is 0 Å². The lowest BCUT2D eigenvalue weighted by Gasteiger charge is -2.37. The molecule has 1 saturated heterocycles. The standard InChI is InChI=1S/C26H27NO2/c1-27-25(24-11-6-3-7-12-24)20-29-26(27,17-8-18-28)19-21-13-15-23(16-14-21)22-9-4-2-5-10-22/h2-7,9-16,18,25H,8,17,19-20H2,1H3. The molecular formula is C26H27NO2. The van der Waals surface area contributed by atoms with Gasteiger partial charge >= 0.3 is 0 Å². The van der Waals surface area contributed by atoms with Crippen LogP contribution in [0.5, 0.6) is 0 Å². The SMILES string of the molecule is CN1C(c2ccccc2)COC1(CCC=O)Cc1ccc(-c2ccccc2)cc1. The highest BCUT2D eigenvalue weighted by molar-refractivity contribution is 5.63. The fourth-order valence-corrected chi connectivity index (χ4v) is 4.29. The van der Waals surface area contributed by atoms with Gasteiger partial charge in [0, 0.05) is 12.8 Å². The fraction of sp³-hybridized carbons (Fsp3) is 0.269. The van der Waals surface area contributed by atoms with E-state index in [0.717, 1.165) is 12.7 Å². The molecule has 29 heavy (non-hydrogen) atoms. The molecule has 3 aromatic carbocycles. The van der Waals surface area contributed by atoms with Crippen molar-refractivity contribution >= 4 is 6.29 Å². The van der Waals surface area contributed by atoms with Gasteiger partial charge in [-0.2, -0.15) is 0 Å². The normalized spacial score (nSPS) is 21.9. The largest absolute Gasteiger partial charge is 0.358 e. The van der Waals surface area contributed by atoms with Gasteiger partial charge in [-0.25, -0.2) is 0 Å². The fourth-order valence-electron chi connectivity index (χ4n) is 4.29. The predicted octanol–water partition coefficient (Wildman–Crippen LogP) is 5.27. The van der Waals surface area contributed by atoms with Crippen LogP contribution in [0, 0.1) is 0 Å². The summed E-state index contributed by atoms with van der Waals surface area (Å²) < 4.78 is 6.41. The average Bonchev–Trinajstić information content (AvgIpc) is 3.10. The maximum Gasteiger partial charge on any atom is 0.126 e. The molecule has 0 saturated carbocycles. The summed E-state index contributed by atoms with van der Waals surface area (Å²) in [5.41, 5.74) is 4.43. The van der Waals surface area contributed by atoms with Gasteiger partial charge in [0.1, 0.15) is 12.0 Å². The van der Waals surface area contributed by atoms with E-state index in [0.29, 0.717) is 19.4 Å². The van der Waals surface area contributed by atoms with Crippen molar-refractivity contribution in [2.45, 2.75) is 31.0 Å². The molecule has 3 aromatic rings. The monoisotopic (exact) mass is 385 g/mol. The van der Waals surface area contributed by atoms with Crippen LogP contribution in [0.3, 0.4) is 0 Å². The number of aldehydes is 1. The van der Waals surface area contributed by atoms with Gasteiger partial charge in [-0.3, -0.25) is 4.90 Å². The van der Waals surface area contributed by atoms with Gasteiger partial charge < -0.3 is 9.53 Å². The van der Waals surface area contributed by atoms with Crippen LogP contribution >= 0.6 is 0 Å². The Kier molecular flexibility index (Phi) is 5.89. The Morgan fingerprint density at radius 3 is 2.21 bits per heavy atom. The van der Waals surface area contributed by atoms with Crippen molar-refractivity contribution in [1.29, 1.82) is 0 Å². The second-order valence-corrected chi connectivity index (χ2v) is 7.74. The molecule has 0 bridgehead atoms. The molecule has 148 valence electrons. The zero-order valence-electron chi connectivity index (χ0n) is 16.8. The first kappa shape index (κ1) is 19.6. The Morgan fingerprint density at radius 1 is 0.931 bits per heavy atom. The molecule has 1 aliphatic heterocycles. The molecule has 1 heterocycles. The third-order valence-electron chi connectivity index (χ3n) is 6.00. The van der Waals surface area contributed by atoms with Crippen molar-refractivity contribution < 1.29 is 9.53 Å². The lowest BCUT2D eigenvalue weighted by Crippen LogP contribution is -2.45. The molecule has 3 nitrogen and oxygen atoms in total. The molecule has 2 unspecified atom stereocenters. The number of ether oxygens (including phenoxy) is 1. The Labute approximate surface area is 172 Å². The molecule has 0 aliphatic carbocycles. The van der Waals surface area contributed by atoms with Gasteiger partial charge in [0.2, 0.25) is 0 Å². The summed E-state index contributed by atoms with van der Waals surface area (Å²) in [6, 6.07) is 29.8. The second-order valence-electron chi connectivity index (χ2n) is 7.74. The summed E-state index contributed by atoms with van der Waals surface area (Å²) in [6.45, 7) is 0.640. The molecule has 0 N–H and O–H groups in total. The van der Waals surface area contributed by atoms with E-state index in [9.17, 15) is 4.79 Å². The van der Waals surface area contributed by atoms with Gasteiger partial charge in [-0.05, 0) is 35.7 Å². The Morgan fingerprint density at radius 2 is 1.55 bits per heavy atom. The highest BCUT2D eigenvalue weighted by Gasteiger charge is 2.45. The predicted molar refractivity (Wildman–Crippen MR) is 117 cm³/mol. The zero-order valence-corrected chi connectivity index (χ0v) is 16.8. The first-order valence-electron chi connectivity index (χ1n) is 10.2. The average molecular weight is 386 g/mol. The first-order valence-corrected chi connectivity index (χ1v) is 10.2. The third-order valence-corrected chi connectivity index (χ3v) is 6.00. The number of carbonyl (C=O) groups is 1. The topological polar surface area (TPSA) is 29.5 Å². The van der Waals surface area contributed by atoms with Crippen molar-refractivity contribution in [2.75, 3.05) is 13.7 Å². The smallest absolute Gasteiger partial charge is 0.126 e. The molecule has 4 rings (SSSR count). The third kappa shape index (κ3) is 4.16. The van der Waals surface area contributed by atoms with Crippen molar-refractivity contribution in [1.82, 2.24) is 4.90 Å². The quantitative estimate of drug-likeness (QED) is 0.519. The number of rotatable bonds is 7. The molecule has 1 aliphatic rings. The molecule has 0 amide bonds. The summed E-state index contributed by atoms with van der Waals surface area (Å²) in [6.07, 6.45) is 2.94. The molecule has 0 aromatic heterocycles. The maximum atomic E-state index is 11.1. The maximum absolute atomic E-state index is 11.1. The molecular weight excluding hydrogens is 358 g/mol. The first-order chi connectivity index (χ1) is 14.2. The van der Waals surface area contributed by atoms with Gasteiger partial charge in [0.25, 0.3) is 0 Å². The summed E-state index contributed by atoms with van der Waals surface area (Å²) in [5.74, 6) is 0. The van der Waals surface area contributed by atoms with Gasteiger partial charge in [-0.15, -0.1) is 0 Å². The van der Waals surface area contributed by atoms with Crippen molar-refractivity contribution in [3.63, 3.8) is 0 Å². The summed E-state index contributed by atoms with van der Waals surface area (Å²) in [4.78, 5) is 13.5. The summed E-state index contributed by atoms with van der Waals surface area (Å²) in [7, 11) is 2.12. The Balaban J connectivity index is 1.57. The van der Waals surface area contributed by atoms with Gasteiger partial charge in [-0.1, -0.05) is 84.9 Å². The number of benzene rings is 3. The molecule has 2 atom stereocenters. The van der Waals surface area contributed by atoms with Crippen molar-refractivity contribution in [3.8, 4) is 11.1 Å². The van der Waals surface area contributed by atoms with Crippen LogP contribution in [0.2, 0.25) is 0 Å². The van der Waals surface area contributed by atoms with E-state index in [1.165, 1.54) is 22.3 Å². The molecule has 3 heteroatoms. The highest BCUT2D eigenvalue weighted by atomic mass is 16.5. The van der Waals surface area contributed by atoms with E-state index in [1.807, 2.05) is 12.1 Å². The lowest BCUT2D eigenvalue weighted by atomic mass is 9.94. The molecule has 0 spiro atoms. The van der Waals surface area contributed by atoms with E-state index in [1.54, 1.807) is 0 Å². The lowest BCUT2D eigenvalue weighted by molar-refractivity contribution is -0.113. The summed E-state index contributed by atoms with van der Waals surface area (Å²) in [5, 5.41) is 0. The van der Waals surface area contributed by atoms with Crippen LogP contribution in [-0.2, 0) is 16.0 Å². The minimum atomic E-state index is -0.463. The molecule has 0 radical (unpaired) electrons. The number of hydrogen-bond acceptors (Lipinski definition) is 3. The van der Waals surface area contributed by atoms with Crippen molar-refractivity contribution in [3.05, 3.63) is 96.1 Å². The van der Waals surface area contributed by atoms with E-state index in [2.05, 4.69) is 84.7 Å². The van der Waals surface area contributed by atoms with Crippen LogP contribution in [0.4, 0.5) is 0 Å². The number of likely N-dealkylation sites (N-methyl/N-ethyl adjacent to an activating group) is 1. The van der Waals surface area contributed by atoms with Crippen LogP contribution in [0.1, 0.15) is 30.0 Å². The van der Waals surface area contributed by atoms with E-state index in [4.69, 9.17) is 4.74 Å². The van der Waals surface area contributed by atoms with Crippen LogP contribution in [0.25, 0.3) is 11.1 Å². The van der Waals surface area contributed by atoms with Crippen molar-refractivity contribution in [2.24, 2.45) is 0 Å². The van der Waals surface area contributed by atoms with Crippen LogP contribution in [0.15, 0.2) is 84.9 Å². The zero-order chi connectivity index (χ0) is 20.1.